The Balaban J connectivity index is 2.02. The van der Waals surface area contributed by atoms with Gasteiger partial charge in [0.1, 0.15) is 0 Å². The highest BCUT2D eigenvalue weighted by Gasteiger charge is 2.49. The highest BCUT2D eigenvalue weighted by molar-refractivity contribution is 6.91. The molecule has 0 radical (unpaired) electrons. The first-order valence-corrected chi connectivity index (χ1v) is 16.2. The van der Waals surface area contributed by atoms with Crippen molar-refractivity contribution in [1.82, 2.24) is 0 Å². The number of hydrogen-bond acceptors (Lipinski definition) is 2. The Kier molecular flexibility index (Phi) is 7.20. The maximum absolute atomic E-state index is 6.96. The fourth-order valence-electron chi connectivity index (χ4n) is 4.52. The van der Waals surface area contributed by atoms with Gasteiger partial charge in [0.2, 0.25) is 0 Å². The van der Waals surface area contributed by atoms with Gasteiger partial charge in [-0.1, -0.05) is 59.3 Å². The molecule has 2 saturated carbocycles. The third-order valence-corrected chi connectivity index (χ3v) is 17.5. The summed E-state index contributed by atoms with van der Waals surface area (Å²) in [5.41, 5.74) is 1.25. The fraction of sp³-hybridized carbons (Fsp3) is 1.00. The van der Waals surface area contributed by atoms with E-state index in [1.165, 1.54) is 69.9 Å². The van der Waals surface area contributed by atoms with Gasteiger partial charge < -0.3 is 8.85 Å². The summed E-state index contributed by atoms with van der Waals surface area (Å²) in [6.07, 6.45) is 14.4. The molecule has 2 aliphatic carbocycles. The van der Waals surface area contributed by atoms with Gasteiger partial charge in [0.25, 0.3) is 0 Å². The molecule has 0 N–H and O–H groups in total. The van der Waals surface area contributed by atoms with E-state index in [2.05, 4.69) is 40.4 Å². The van der Waals surface area contributed by atoms with Crippen LogP contribution in [0.2, 0.25) is 30.3 Å². The second kappa shape index (κ2) is 8.36. The third kappa shape index (κ3) is 5.96. The molecule has 4 heteroatoms. The molecule has 24 heavy (non-hydrogen) atoms. The summed E-state index contributed by atoms with van der Waals surface area (Å²) in [6.45, 7) is 14.6. The molecule has 0 aromatic carbocycles. The molecule has 0 aromatic rings. The van der Waals surface area contributed by atoms with E-state index >= 15 is 0 Å². The van der Waals surface area contributed by atoms with E-state index in [9.17, 15) is 0 Å². The molecule has 2 rings (SSSR count). The van der Waals surface area contributed by atoms with Crippen LogP contribution in [0.3, 0.4) is 0 Å². The van der Waals surface area contributed by atoms with Crippen LogP contribution < -0.4 is 0 Å². The van der Waals surface area contributed by atoms with Gasteiger partial charge in [-0.25, -0.2) is 0 Å². The Morgan fingerprint density at radius 3 is 1.54 bits per heavy atom. The average Bonchev–Trinajstić information content (AvgIpc) is 2.46. The first-order chi connectivity index (χ1) is 11.1. The summed E-state index contributed by atoms with van der Waals surface area (Å²) in [5.74, 6) is 0. The minimum Gasteiger partial charge on any atom is -0.415 e. The summed E-state index contributed by atoms with van der Waals surface area (Å²) in [5, 5.41) is 0.282. The monoisotopic (exact) mass is 370 g/mol. The zero-order valence-electron chi connectivity index (χ0n) is 17.2. The largest absolute Gasteiger partial charge is 0.415 e. The quantitative estimate of drug-likeness (QED) is 0.478. The zero-order valence-corrected chi connectivity index (χ0v) is 19.2. The topological polar surface area (TPSA) is 18.5 Å². The second-order valence-electron chi connectivity index (χ2n) is 10.2. The SMILES string of the molecule is CC(C)(C)[Si](C)(C[Si](C)(C)OC1CCCCC1)OC1CCCCC1. The maximum atomic E-state index is 6.96. The molecule has 142 valence electrons. The third-order valence-electron chi connectivity index (χ3n) is 6.37. The molecule has 2 fully saturated rings. The molecule has 0 aliphatic heterocycles. The van der Waals surface area contributed by atoms with Crippen molar-refractivity contribution in [2.45, 2.75) is 128 Å². The minimum atomic E-state index is -1.82. The normalized spacial score (nSPS) is 24.8. The Hall–Kier alpha value is 0.354. The minimum absolute atomic E-state index is 0.282. The highest BCUT2D eigenvalue weighted by atomic mass is 28.4. The smallest absolute Gasteiger partial charge is 0.195 e. The number of rotatable bonds is 6. The van der Waals surface area contributed by atoms with Crippen LogP contribution in [0.4, 0.5) is 0 Å². The van der Waals surface area contributed by atoms with Crippen LogP contribution in [0.15, 0.2) is 0 Å². The van der Waals surface area contributed by atoms with Crippen LogP contribution in [0.25, 0.3) is 0 Å². The first-order valence-electron chi connectivity index (χ1n) is 10.5. The molecule has 0 spiro atoms. The van der Waals surface area contributed by atoms with E-state index in [0.29, 0.717) is 12.2 Å². The molecular formula is C20H42O2Si2. The fourth-order valence-corrected chi connectivity index (χ4v) is 16.3. The van der Waals surface area contributed by atoms with Crippen LogP contribution in [-0.4, -0.2) is 28.8 Å². The molecule has 0 aromatic heterocycles. The van der Waals surface area contributed by atoms with Crippen LogP contribution in [0.1, 0.15) is 85.0 Å². The zero-order chi connectivity index (χ0) is 17.8. The summed E-state index contributed by atoms with van der Waals surface area (Å²) in [4.78, 5) is 0. The van der Waals surface area contributed by atoms with Crippen LogP contribution in [0, 0.1) is 0 Å². The summed E-state index contributed by atoms with van der Waals surface area (Å²) in [7, 11) is -3.51. The molecule has 0 amide bonds. The Morgan fingerprint density at radius 1 is 0.708 bits per heavy atom. The first kappa shape index (κ1) is 20.7. The van der Waals surface area contributed by atoms with Gasteiger partial charge in [-0.3, -0.25) is 0 Å². The van der Waals surface area contributed by atoms with Crippen molar-refractivity contribution in [3.05, 3.63) is 0 Å². The van der Waals surface area contributed by atoms with Gasteiger partial charge in [0.15, 0.2) is 16.6 Å². The lowest BCUT2D eigenvalue weighted by Crippen LogP contribution is -2.54. The van der Waals surface area contributed by atoms with Crippen molar-refractivity contribution < 1.29 is 8.85 Å². The molecule has 0 bridgehead atoms. The van der Waals surface area contributed by atoms with Gasteiger partial charge in [-0.15, -0.1) is 0 Å². The molecular weight excluding hydrogens is 328 g/mol. The summed E-state index contributed by atoms with van der Waals surface area (Å²) < 4.78 is 13.7. The van der Waals surface area contributed by atoms with Gasteiger partial charge in [-0.2, -0.15) is 0 Å². The molecule has 1 unspecified atom stereocenters. The van der Waals surface area contributed by atoms with Crippen molar-refractivity contribution in [2.75, 3.05) is 0 Å². The maximum Gasteiger partial charge on any atom is 0.195 e. The predicted octanol–water partition coefficient (Wildman–Crippen LogP) is 6.80. The van der Waals surface area contributed by atoms with E-state index in [4.69, 9.17) is 8.85 Å². The van der Waals surface area contributed by atoms with Gasteiger partial charge in [0, 0.05) is 12.2 Å². The number of hydrogen-bond donors (Lipinski definition) is 0. The van der Waals surface area contributed by atoms with Crippen molar-refractivity contribution in [3.63, 3.8) is 0 Å². The Bertz CT molecular complexity index is 380. The predicted molar refractivity (Wildman–Crippen MR) is 110 cm³/mol. The molecule has 0 saturated heterocycles. The Morgan fingerprint density at radius 2 is 1.12 bits per heavy atom. The van der Waals surface area contributed by atoms with E-state index in [1.54, 1.807) is 0 Å². The standard InChI is InChI=1S/C20H42O2Si2/c1-20(2,3)24(6,22-19-15-11-8-12-16-19)17-23(4,5)21-18-13-9-7-10-14-18/h18-19H,7-17H2,1-6H3. The molecule has 2 nitrogen and oxygen atoms in total. The van der Waals surface area contributed by atoms with Crippen molar-refractivity contribution >= 4 is 16.6 Å². The molecule has 2 aliphatic rings. The van der Waals surface area contributed by atoms with Gasteiger partial charge in [-0.05, 0) is 56.0 Å². The summed E-state index contributed by atoms with van der Waals surface area (Å²) in [6, 6.07) is 0. The lowest BCUT2D eigenvalue weighted by atomic mass is 9.98. The summed E-state index contributed by atoms with van der Waals surface area (Å²) >= 11 is 0. The molecule has 1 atom stereocenters. The van der Waals surface area contributed by atoms with Crippen LogP contribution in [0.5, 0.6) is 0 Å². The van der Waals surface area contributed by atoms with Gasteiger partial charge in [0.05, 0.1) is 0 Å². The lowest BCUT2D eigenvalue weighted by Gasteiger charge is -2.46. The van der Waals surface area contributed by atoms with E-state index in [-0.39, 0.29) is 5.04 Å². The van der Waals surface area contributed by atoms with Crippen molar-refractivity contribution in [1.29, 1.82) is 0 Å². The second-order valence-corrected chi connectivity index (χ2v) is 19.5. The van der Waals surface area contributed by atoms with Crippen molar-refractivity contribution in [2.24, 2.45) is 0 Å². The lowest BCUT2D eigenvalue weighted by molar-refractivity contribution is 0.131. The van der Waals surface area contributed by atoms with E-state index < -0.39 is 16.6 Å². The van der Waals surface area contributed by atoms with Crippen molar-refractivity contribution in [3.8, 4) is 0 Å². The van der Waals surface area contributed by atoms with Crippen LogP contribution >= 0.6 is 0 Å². The average molecular weight is 371 g/mol. The van der Waals surface area contributed by atoms with Crippen LogP contribution in [-0.2, 0) is 8.85 Å². The molecule has 0 heterocycles. The van der Waals surface area contributed by atoms with Gasteiger partial charge >= 0.3 is 0 Å². The van der Waals surface area contributed by atoms with E-state index in [0.717, 1.165) is 0 Å². The highest BCUT2D eigenvalue weighted by Crippen LogP contribution is 2.44. The van der Waals surface area contributed by atoms with E-state index in [1.807, 2.05) is 0 Å². The Labute approximate surface area is 153 Å².